The van der Waals surface area contributed by atoms with Gasteiger partial charge in [0, 0.05) is 28.7 Å². The summed E-state index contributed by atoms with van der Waals surface area (Å²) in [6, 6.07) is 23.6. The number of aliphatic hydroxyl groups excluding tert-OH is 1. The molecule has 0 aliphatic carbocycles. The van der Waals surface area contributed by atoms with E-state index in [1.807, 2.05) is 24.3 Å². The normalized spacial score (nSPS) is 15.7. The molecule has 0 amide bonds. The van der Waals surface area contributed by atoms with E-state index in [-0.39, 0.29) is 17.9 Å². The largest absolute Gasteiger partial charge is 0.506 e. The van der Waals surface area contributed by atoms with Gasteiger partial charge in [-0.25, -0.2) is 9.79 Å². The Hall–Kier alpha value is -3.74. The third kappa shape index (κ3) is 5.28. The van der Waals surface area contributed by atoms with Crippen LogP contribution < -0.4 is 0 Å². The Morgan fingerprint density at radius 2 is 1.82 bits per heavy atom. The Kier molecular flexibility index (Phi) is 7.72. The number of carbonyl (C=O) groups excluding carboxylic acids is 1. The van der Waals surface area contributed by atoms with E-state index in [0.29, 0.717) is 20.7 Å². The summed E-state index contributed by atoms with van der Waals surface area (Å²) in [5.41, 5.74) is 5.27. The number of rotatable bonds is 7. The first-order chi connectivity index (χ1) is 18.5. The van der Waals surface area contributed by atoms with Gasteiger partial charge in [0.15, 0.2) is 0 Å². The molecule has 5 nitrogen and oxygen atoms in total. The van der Waals surface area contributed by atoms with Crippen LogP contribution in [0.3, 0.4) is 0 Å². The van der Waals surface area contributed by atoms with Crippen molar-refractivity contribution in [2.45, 2.75) is 26.8 Å². The second kappa shape index (κ2) is 11.3. The van der Waals surface area contributed by atoms with Crippen molar-refractivity contribution in [1.29, 1.82) is 0 Å². The molecule has 0 saturated heterocycles. The summed E-state index contributed by atoms with van der Waals surface area (Å²) < 4.78 is 7.50. The first-order valence-corrected chi connectivity index (χ1v) is 13.7. The number of hydrogen-bond donors (Lipinski definition) is 1. The summed E-state index contributed by atoms with van der Waals surface area (Å²) in [4.78, 5) is 18.0. The summed E-state index contributed by atoms with van der Waals surface area (Å²) in [7, 11) is 0. The Bertz CT molecular complexity index is 1580. The number of aliphatic hydroxyl groups is 1. The topological polar surface area (TPSA) is 63.8 Å². The van der Waals surface area contributed by atoms with Gasteiger partial charge in [0.2, 0.25) is 0 Å². The molecule has 0 spiro atoms. The fraction of sp³-hybridized carbons (Fsp3) is 0.161. The van der Waals surface area contributed by atoms with E-state index in [0.717, 1.165) is 29.4 Å². The number of thioether (sulfide) groups is 1. The number of aromatic nitrogens is 1. The average molecular weight is 543 g/mol. The fourth-order valence-corrected chi connectivity index (χ4v) is 5.69. The monoisotopic (exact) mass is 542 g/mol. The number of fused-ring (bicyclic) bond motifs is 1. The molecule has 0 atom stereocenters. The van der Waals surface area contributed by atoms with Crippen molar-refractivity contribution >= 4 is 57.0 Å². The molecule has 5 rings (SSSR count). The Morgan fingerprint density at radius 3 is 2.53 bits per heavy atom. The highest BCUT2D eigenvalue weighted by Crippen LogP contribution is 2.41. The van der Waals surface area contributed by atoms with Crippen LogP contribution in [0.5, 0.6) is 0 Å². The third-order valence-electron chi connectivity index (χ3n) is 6.30. The molecule has 3 aromatic carbocycles. The van der Waals surface area contributed by atoms with Gasteiger partial charge in [-0.2, -0.15) is 0 Å². The minimum atomic E-state index is -0.603. The minimum Gasteiger partial charge on any atom is -0.506 e. The van der Waals surface area contributed by atoms with Crippen LogP contribution >= 0.6 is 23.4 Å². The molecule has 1 aliphatic rings. The van der Waals surface area contributed by atoms with E-state index < -0.39 is 5.97 Å². The van der Waals surface area contributed by atoms with Gasteiger partial charge in [-0.1, -0.05) is 78.8 Å². The van der Waals surface area contributed by atoms with E-state index in [1.54, 1.807) is 31.2 Å². The molecule has 0 radical (unpaired) electrons. The second-order valence-electron chi connectivity index (χ2n) is 8.81. The molecule has 1 aliphatic heterocycles. The Balaban J connectivity index is 1.61. The minimum absolute atomic E-state index is 0.0697. The van der Waals surface area contributed by atoms with Crippen LogP contribution in [0.15, 0.2) is 100 Å². The lowest BCUT2D eigenvalue weighted by Gasteiger charge is -2.08. The van der Waals surface area contributed by atoms with Gasteiger partial charge < -0.3 is 14.4 Å². The van der Waals surface area contributed by atoms with Gasteiger partial charge in [-0.3, -0.25) is 0 Å². The zero-order valence-electron chi connectivity index (χ0n) is 21.1. The molecule has 4 aromatic rings. The lowest BCUT2D eigenvalue weighted by atomic mass is 10.1. The zero-order valence-corrected chi connectivity index (χ0v) is 22.7. The lowest BCUT2D eigenvalue weighted by molar-refractivity contribution is -0.138. The number of aryl methyl sites for hydroxylation is 1. The summed E-state index contributed by atoms with van der Waals surface area (Å²) in [6.45, 7) is 4.81. The molecule has 0 unspecified atom stereocenters. The van der Waals surface area contributed by atoms with Crippen molar-refractivity contribution < 1.29 is 14.6 Å². The summed E-state index contributed by atoms with van der Waals surface area (Å²) >= 11 is 7.27. The molecule has 1 N–H and O–H groups in total. The van der Waals surface area contributed by atoms with Gasteiger partial charge in [0.25, 0.3) is 0 Å². The number of para-hydroxylation sites is 1. The van der Waals surface area contributed by atoms with E-state index in [2.05, 4.69) is 53.0 Å². The van der Waals surface area contributed by atoms with Crippen LogP contribution in [-0.4, -0.2) is 27.3 Å². The van der Waals surface area contributed by atoms with Gasteiger partial charge in [0.1, 0.15) is 16.4 Å². The van der Waals surface area contributed by atoms with Gasteiger partial charge in [0.05, 0.1) is 22.7 Å². The molecule has 2 heterocycles. The number of hydrogen-bond acceptors (Lipinski definition) is 5. The number of benzene rings is 3. The fourth-order valence-electron chi connectivity index (χ4n) is 4.54. The summed E-state index contributed by atoms with van der Waals surface area (Å²) in [5, 5.41) is 13.3. The van der Waals surface area contributed by atoms with Gasteiger partial charge >= 0.3 is 5.97 Å². The van der Waals surface area contributed by atoms with Crippen LogP contribution in [0, 0.1) is 0 Å². The highest BCUT2D eigenvalue weighted by molar-refractivity contribution is 8.18. The third-order valence-corrected chi connectivity index (χ3v) is 7.58. The second-order valence-corrected chi connectivity index (χ2v) is 10.3. The van der Waals surface area contributed by atoms with Crippen LogP contribution in [0.1, 0.15) is 30.5 Å². The maximum atomic E-state index is 12.8. The molecular formula is C31H27ClN2O3S. The molecule has 0 saturated carbocycles. The number of ether oxygens (including phenoxy) is 1. The predicted molar refractivity (Wildman–Crippen MR) is 157 cm³/mol. The first-order valence-electron chi connectivity index (χ1n) is 12.5. The predicted octanol–water partition coefficient (Wildman–Crippen LogP) is 8.10. The quantitative estimate of drug-likeness (QED) is 0.240. The number of aliphatic imine (C=N–C) groups is 1. The summed E-state index contributed by atoms with van der Waals surface area (Å²) in [5.74, 6) is -0.731. The lowest BCUT2D eigenvalue weighted by Crippen LogP contribution is -2.12. The molecule has 1 aromatic heterocycles. The molecule has 0 fully saturated rings. The number of halogens is 1. The van der Waals surface area contributed by atoms with Crippen LogP contribution in [-0.2, 0) is 22.5 Å². The van der Waals surface area contributed by atoms with Crippen molar-refractivity contribution in [3.05, 3.63) is 117 Å². The smallest absolute Gasteiger partial charge is 0.344 e. The molecule has 0 bridgehead atoms. The molecule has 7 heteroatoms. The molecular weight excluding hydrogens is 516 g/mol. The zero-order chi connectivity index (χ0) is 26.6. The Labute approximate surface area is 231 Å². The van der Waals surface area contributed by atoms with E-state index in [4.69, 9.17) is 16.3 Å². The van der Waals surface area contributed by atoms with E-state index in [1.165, 1.54) is 22.9 Å². The van der Waals surface area contributed by atoms with Crippen molar-refractivity contribution in [3.63, 3.8) is 0 Å². The van der Waals surface area contributed by atoms with Crippen molar-refractivity contribution in [2.24, 2.45) is 4.99 Å². The van der Waals surface area contributed by atoms with Crippen molar-refractivity contribution in [1.82, 2.24) is 4.57 Å². The maximum Gasteiger partial charge on any atom is 0.344 e. The first kappa shape index (κ1) is 25.9. The van der Waals surface area contributed by atoms with E-state index >= 15 is 0 Å². The van der Waals surface area contributed by atoms with E-state index in [9.17, 15) is 9.90 Å². The molecule has 38 heavy (non-hydrogen) atoms. The number of esters is 1. The molecule has 192 valence electrons. The van der Waals surface area contributed by atoms with Crippen LogP contribution in [0.2, 0.25) is 5.02 Å². The maximum absolute atomic E-state index is 12.8. The van der Waals surface area contributed by atoms with Crippen molar-refractivity contribution in [3.8, 4) is 0 Å². The number of carbonyl (C=O) groups is 1. The Morgan fingerprint density at radius 1 is 1.05 bits per heavy atom. The van der Waals surface area contributed by atoms with Crippen LogP contribution in [0.25, 0.3) is 17.0 Å². The SMILES string of the molecule is CCOC(=O)C1=C(O)/C(=C/c2cn(Cc3ccccc3)c3c(CC)cccc23)SC1=Nc1ccc(Cl)cc1. The highest BCUT2D eigenvalue weighted by Gasteiger charge is 2.33. The highest BCUT2D eigenvalue weighted by atomic mass is 35.5. The van der Waals surface area contributed by atoms with Crippen molar-refractivity contribution in [2.75, 3.05) is 6.61 Å². The van der Waals surface area contributed by atoms with Gasteiger partial charge in [-0.15, -0.1) is 0 Å². The average Bonchev–Trinajstić information content (AvgIpc) is 3.42. The number of nitrogens with zero attached hydrogens (tertiary/aromatic N) is 2. The standard InChI is InChI=1S/C31H27ClN2O3S/c1-3-21-11-8-12-25-22(19-34(28(21)25)18-20-9-6-5-7-10-20)17-26-29(35)27(31(36)37-4-2)30(38-26)33-24-15-13-23(32)14-16-24/h5-17,19,35H,3-4,18H2,1-2H3/b26-17-,33-30?. The summed E-state index contributed by atoms with van der Waals surface area (Å²) in [6.07, 6.45) is 4.93. The van der Waals surface area contributed by atoms with Gasteiger partial charge in [-0.05, 0) is 54.8 Å². The van der Waals surface area contributed by atoms with Crippen LogP contribution in [0.4, 0.5) is 5.69 Å².